The molecule has 0 aliphatic carbocycles. The Labute approximate surface area is 249 Å². The Bertz CT molecular complexity index is 1040. The van der Waals surface area contributed by atoms with Gasteiger partial charge in [-0.3, -0.25) is 9.69 Å². The number of methoxy groups -OCH3 is 1. The van der Waals surface area contributed by atoms with Crippen molar-refractivity contribution in [2.75, 3.05) is 19.9 Å². The third-order valence-corrected chi connectivity index (χ3v) is 10.6. The largest absolute Gasteiger partial charge is 0.392 e. The van der Waals surface area contributed by atoms with Gasteiger partial charge in [-0.15, -0.1) is 23.7 Å². The standard InChI is InChI=1S/C31H48N2O5S2/c1-9-10-15-33-27(18-26(38-7)21(3)17-24-19-40-30(32-24)39-8)31(33,6)14-11-12-20(2)28(36)23(5)29(37)22(4)25(35)13-16-34/h1,16-17,19-20,22-23,25-28,35-36H,10-15,18H2,2-8H3/b21-17+/t20-,22?,23+,25-,26?,27?,28?,31+,33?/m0/s1. The zero-order valence-corrected chi connectivity index (χ0v) is 26.8. The zero-order valence-electron chi connectivity index (χ0n) is 25.1. The average Bonchev–Trinajstić information content (AvgIpc) is 3.23. The Morgan fingerprint density at radius 2 is 2.05 bits per heavy atom. The molecular formula is C31H48N2O5S2. The highest BCUT2D eigenvalue weighted by Crippen LogP contribution is 2.48. The number of aromatic nitrogens is 1. The molecule has 0 aromatic carbocycles. The van der Waals surface area contributed by atoms with Crippen LogP contribution < -0.4 is 0 Å². The van der Waals surface area contributed by atoms with E-state index < -0.39 is 24.0 Å². The van der Waals surface area contributed by atoms with Crippen molar-refractivity contribution in [1.82, 2.24) is 9.88 Å². The molecule has 0 amide bonds. The second-order valence-corrected chi connectivity index (χ2v) is 13.3. The molecule has 5 unspecified atom stereocenters. The molecule has 0 bridgehead atoms. The monoisotopic (exact) mass is 592 g/mol. The van der Waals surface area contributed by atoms with Crippen LogP contribution in [0.1, 0.15) is 78.8 Å². The lowest BCUT2D eigenvalue weighted by Crippen LogP contribution is -2.38. The van der Waals surface area contributed by atoms with Gasteiger partial charge < -0.3 is 19.7 Å². The van der Waals surface area contributed by atoms with Gasteiger partial charge in [0.15, 0.2) is 0 Å². The normalized spacial score (nSPS) is 25.4. The first-order valence-corrected chi connectivity index (χ1v) is 16.3. The van der Waals surface area contributed by atoms with E-state index in [1.807, 2.05) is 13.2 Å². The third kappa shape index (κ3) is 8.98. The van der Waals surface area contributed by atoms with E-state index in [0.717, 1.165) is 47.8 Å². The van der Waals surface area contributed by atoms with Gasteiger partial charge in [-0.05, 0) is 56.9 Å². The van der Waals surface area contributed by atoms with Crippen LogP contribution in [0.25, 0.3) is 6.08 Å². The average molecular weight is 593 g/mol. The minimum Gasteiger partial charge on any atom is -0.392 e. The number of thioether (sulfide) groups is 1. The SMILES string of the molecule is C#CCCN1C(CC(OC)/C(C)=C/c2csc(SC)n2)[C@@]1(C)CCC[C@H](C)C(O)[C@@H](C)C(=O)C(C)[C@@H](O)CC=O. The molecule has 1 aliphatic heterocycles. The van der Waals surface area contributed by atoms with Crippen LogP contribution in [0, 0.1) is 30.1 Å². The Balaban J connectivity index is 1.99. The van der Waals surface area contributed by atoms with Crippen LogP contribution in [0.4, 0.5) is 0 Å². The third-order valence-electron chi connectivity index (χ3n) is 8.71. The van der Waals surface area contributed by atoms with Crippen LogP contribution in [0.2, 0.25) is 0 Å². The van der Waals surface area contributed by atoms with Gasteiger partial charge in [0, 0.05) is 55.3 Å². The minimum atomic E-state index is -1.01. The summed E-state index contributed by atoms with van der Waals surface area (Å²) in [7, 11) is 1.76. The van der Waals surface area contributed by atoms with Gasteiger partial charge in [0.05, 0.1) is 24.0 Å². The van der Waals surface area contributed by atoms with Gasteiger partial charge in [0.25, 0.3) is 0 Å². The number of hydrogen-bond acceptors (Lipinski definition) is 9. The van der Waals surface area contributed by atoms with E-state index in [-0.39, 0.29) is 29.8 Å². The maximum atomic E-state index is 12.8. The molecule has 0 spiro atoms. The van der Waals surface area contributed by atoms with Crippen molar-refractivity contribution < 1.29 is 24.5 Å². The lowest BCUT2D eigenvalue weighted by molar-refractivity contribution is -0.134. The zero-order chi connectivity index (χ0) is 30.0. The van der Waals surface area contributed by atoms with Crippen molar-refractivity contribution in [2.45, 2.75) is 107 Å². The molecule has 1 aromatic rings. The number of aliphatic hydroxyl groups excluding tert-OH is 2. The molecule has 2 heterocycles. The molecule has 2 N–H and O–H groups in total. The number of carbonyl (C=O) groups excluding carboxylic acids is 2. The number of hydrogen-bond donors (Lipinski definition) is 2. The van der Waals surface area contributed by atoms with Crippen LogP contribution in [0.15, 0.2) is 15.3 Å². The molecule has 9 atom stereocenters. The number of thiazole rings is 1. The van der Waals surface area contributed by atoms with Gasteiger partial charge in [0.1, 0.15) is 16.4 Å². The molecule has 1 aromatic heterocycles. The number of Topliss-reactive ketones (excluding diaryl/α,β-unsaturated/α-hetero) is 1. The van der Waals surface area contributed by atoms with E-state index in [2.05, 4.69) is 41.1 Å². The summed E-state index contributed by atoms with van der Waals surface area (Å²) in [6, 6.07) is 0.340. The van der Waals surface area contributed by atoms with Crippen molar-refractivity contribution in [3.05, 3.63) is 16.6 Å². The van der Waals surface area contributed by atoms with Gasteiger partial charge in [-0.25, -0.2) is 4.98 Å². The maximum Gasteiger partial charge on any atom is 0.150 e. The Kier molecular flexibility index (Phi) is 14.0. The van der Waals surface area contributed by atoms with E-state index >= 15 is 0 Å². The molecule has 1 aliphatic rings. The molecule has 0 saturated carbocycles. The molecular weight excluding hydrogens is 544 g/mol. The first-order chi connectivity index (χ1) is 18.9. The van der Waals surface area contributed by atoms with Crippen LogP contribution in [0.5, 0.6) is 0 Å². The van der Waals surface area contributed by atoms with Gasteiger partial charge in [-0.1, -0.05) is 39.0 Å². The topological polar surface area (TPSA) is 99.7 Å². The molecule has 0 radical (unpaired) electrons. The second-order valence-electron chi connectivity index (χ2n) is 11.4. The lowest BCUT2D eigenvalue weighted by atomic mass is 9.81. The van der Waals surface area contributed by atoms with Crippen molar-refractivity contribution >= 4 is 41.2 Å². The molecule has 2 rings (SSSR count). The molecule has 224 valence electrons. The molecule has 9 heteroatoms. The van der Waals surface area contributed by atoms with Crippen molar-refractivity contribution in [3.8, 4) is 12.3 Å². The highest BCUT2D eigenvalue weighted by atomic mass is 32.2. The van der Waals surface area contributed by atoms with Gasteiger partial charge in [0.2, 0.25) is 0 Å². The number of ketones is 1. The number of rotatable bonds is 19. The fourth-order valence-corrected chi connectivity index (χ4v) is 7.04. The van der Waals surface area contributed by atoms with Crippen LogP contribution >= 0.6 is 23.1 Å². The number of ether oxygens (including phenoxy) is 1. The molecule has 1 fully saturated rings. The van der Waals surface area contributed by atoms with E-state index in [1.54, 1.807) is 44.1 Å². The first kappa shape index (κ1) is 34.7. The minimum absolute atomic E-state index is 0.000122. The van der Waals surface area contributed by atoms with Crippen molar-refractivity contribution in [2.24, 2.45) is 17.8 Å². The summed E-state index contributed by atoms with van der Waals surface area (Å²) >= 11 is 3.29. The number of nitrogens with zero attached hydrogens (tertiary/aromatic N) is 2. The van der Waals surface area contributed by atoms with E-state index in [4.69, 9.17) is 11.2 Å². The fourth-order valence-electron chi connectivity index (χ4n) is 5.81. The highest BCUT2D eigenvalue weighted by Gasteiger charge is 2.57. The quantitative estimate of drug-likeness (QED) is 0.0991. The Hall–Kier alpha value is -1.54. The van der Waals surface area contributed by atoms with Gasteiger partial charge in [-0.2, -0.15) is 0 Å². The summed E-state index contributed by atoms with van der Waals surface area (Å²) in [6.07, 6.45) is 12.6. The first-order valence-electron chi connectivity index (χ1n) is 14.2. The summed E-state index contributed by atoms with van der Waals surface area (Å²) in [5.74, 6) is 1.19. The van der Waals surface area contributed by atoms with E-state index in [9.17, 15) is 19.8 Å². The Morgan fingerprint density at radius 3 is 2.62 bits per heavy atom. The number of aliphatic hydroxyl groups is 2. The summed E-state index contributed by atoms with van der Waals surface area (Å²) in [4.78, 5) is 30.6. The van der Waals surface area contributed by atoms with E-state index in [1.165, 1.54) is 0 Å². The predicted molar refractivity (Wildman–Crippen MR) is 164 cm³/mol. The number of aldehydes is 1. The fraction of sp³-hybridized carbons (Fsp3) is 0.710. The van der Waals surface area contributed by atoms with Crippen LogP contribution in [-0.2, 0) is 14.3 Å². The summed E-state index contributed by atoms with van der Waals surface area (Å²) in [5.41, 5.74) is 2.11. The second kappa shape index (κ2) is 16.2. The Morgan fingerprint density at radius 1 is 1.35 bits per heavy atom. The van der Waals surface area contributed by atoms with Crippen LogP contribution in [-0.4, -0.2) is 82.0 Å². The maximum absolute atomic E-state index is 12.8. The number of terminal acetylenes is 1. The molecule has 40 heavy (non-hydrogen) atoms. The summed E-state index contributed by atoms with van der Waals surface area (Å²) in [5, 5.41) is 23.0. The molecule has 1 saturated heterocycles. The smallest absolute Gasteiger partial charge is 0.150 e. The predicted octanol–water partition coefficient (Wildman–Crippen LogP) is 5.10. The summed E-state index contributed by atoms with van der Waals surface area (Å²) < 4.78 is 6.97. The van der Waals surface area contributed by atoms with E-state index in [0.29, 0.717) is 18.7 Å². The van der Waals surface area contributed by atoms with Crippen LogP contribution in [0.3, 0.4) is 0 Å². The van der Waals surface area contributed by atoms with Crippen molar-refractivity contribution in [1.29, 1.82) is 0 Å². The number of carbonyl (C=O) groups is 2. The van der Waals surface area contributed by atoms with Crippen molar-refractivity contribution in [3.63, 3.8) is 0 Å². The summed E-state index contributed by atoms with van der Waals surface area (Å²) in [6.45, 7) is 10.5. The highest BCUT2D eigenvalue weighted by molar-refractivity contribution is 8.00. The van der Waals surface area contributed by atoms with Gasteiger partial charge >= 0.3 is 0 Å². The molecule has 7 nitrogen and oxygen atoms in total. The lowest BCUT2D eigenvalue weighted by Gasteiger charge is -2.27.